The molecule has 0 spiro atoms. The Kier molecular flexibility index (Phi) is 6.21. The first-order valence-electron chi connectivity index (χ1n) is 8.86. The number of methoxy groups -OCH3 is 2. The van der Waals surface area contributed by atoms with Gasteiger partial charge >= 0.3 is 0 Å². The van der Waals surface area contributed by atoms with Crippen LogP contribution in [0.2, 0.25) is 0 Å². The third-order valence-electron chi connectivity index (χ3n) is 4.59. The molecule has 2 atom stereocenters. The zero-order chi connectivity index (χ0) is 20.3. The summed E-state index contributed by atoms with van der Waals surface area (Å²) >= 11 is 1.65. The number of nitrogens with one attached hydrogen (secondary N) is 1. The fourth-order valence-electron chi connectivity index (χ4n) is 3.17. The van der Waals surface area contributed by atoms with E-state index in [0.29, 0.717) is 23.6 Å². The first-order chi connectivity index (χ1) is 13.4. The summed E-state index contributed by atoms with van der Waals surface area (Å²) in [5, 5.41) is 2.87. The Labute approximate surface area is 168 Å². The molecule has 1 saturated heterocycles. The number of nitrogens with zero attached hydrogens (tertiary/aromatic N) is 1. The zero-order valence-electron chi connectivity index (χ0n) is 16.4. The molecule has 1 N–H and O–H groups in total. The molecular formula is C20H24N2O5S. The Morgan fingerprint density at radius 2 is 2.00 bits per heavy atom. The molecule has 0 bridgehead atoms. The van der Waals surface area contributed by atoms with Gasteiger partial charge in [-0.05, 0) is 36.8 Å². The van der Waals surface area contributed by atoms with Gasteiger partial charge in [-0.2, -0.15) is 0 Å². The second-order valence-electron chi connectivity index (χ2n) is 6.60. The van der Waals surface area contributed by atoms with Gasteiger partial charge < -0.3 is 24.4 Å². The normalized spacial score (nSPS) is 19.1. The van der Waals surface area contributed by atoms with Gasteiger partial charge in [0, 0.05) is 16.8 Å². The van der Waals surface area contributed by atoms with Crippen LogP contribution in [0.5, 0.6) is 11.5 Å². The molecule has 28 heavy (non-hydrogen) atoms. The van der Waals surface area contributed by atoms with Crippen LogP contribution in [-0.2, 0) is 20.9 Å². The van der Waals surface area contributed by atoms with Crippen molar-refractivity contribution in [2.75, 3.05) is 27.9 Å². The predicted molar refractivity (Wildman–Crippen MR) is 106 cm³/mol. The van der Waals surface area contributed by atoms with E-state index < -0.39 is 12.1 Å². The Bertz CT molecular complexity index is 866. The molecule has 7 nitrogen and oxygen atoms in total. The Morgan fingerprint density at radius 3 is 2.64 bits per heavy atom. The molecule has 2 aromatic rings. The van der Waals surface area contributed by atoms with Crippen LogP contribution in [0.4, 0.5) is 0 Å². The number of ether oxygens (including phenoxy) is 3. The van der Waals surface area contributed by atoms with E-state index in [4.69, 9.17) is 14.2 Å². The number of thiophene rings is 1. The minimum absolute atomic E-state index is 0.147. The van der Waals surface area contributed by atoms with Crippen molar-refractivity contribution >= 4 is 23.2 Å². The summed E-state index contributed by atoms with van der Waals surface area (Å²) in [5.41, 5.74) is 0.712. The van der Waals surface area contributed by atoms with Crippen LogP contribution in [0.3, 0.4) is 0 Å². The number of carbonyl (C=O) groups excluding carboxylic acids is 2. The number of aryl methyl sites for hydroxylation is 1. The maximum Gasteiger partial charge on any atom is 0.254 e. The maximum absolute atomic E-state index is 13.1. The number of rotatable bonds is 6. The highest BCUT2D eigenvalue weighted by atomic mass is 32.1. The van der Waals surface area contributed by atoms with Gasteiger partial charge in [-0.25, -0.2) is 0 Å². The van der Waals surface area contributed by atoms with Crippen molar-refractivity contribution in [3.8, 4) is 11.5 Å². The first-order valence-corrected chi connectivity index (χ1v) is 9.67. The molecule has 1 aromatic heterocycles. The fourth-order valence-corrected chi connectivity index (χ4v) is 4.11. The van der Waals surface area contributed by atoms with Crippen LogP contribution < -0.4 is 14.8 Å². The number of carbonyl (C=O) groups is 2. The van der Waals surface area contributed by atoms with Gasteiger partial charge in [0.1, 0.15) is 6.61 Å². The standard InChI is InChI=1S/C20H24N2O5S/c1-12-5-7-14(28-12)10-22(2)20(24)19-18(21-17(23)11-27-19)13-6-8-15(25-3)16(9-13)26-4/h5-9,18-19H,10-11H2,1-4H3,(H,21,23)/t18-,19+/m1/s1. The SMILES string of the molecule is COc1ccc([C@H]2NC(=O)CO[C@@H]2C(=O)N(C)Cc2ccc(C)s2)cc1OC. The lowest BCUT2D eigenvalue weighted by Gasteiger charge is -2.34. The van der Waals surface area contributed by atoms with Gasteiger partial charge in [0.15, 0.2) is 17.6 Å². The molecule has 8 heteroatoms. The summed E-state index contributed by atoms with van der Waals surface area (Å²) in [5.74, 6) is 0.641. The van der Waals surface area contributed by atoms with Crippen LogP contribution in [-0.4, -0.2) is 50.7 Å². The van der Waals surface area contributed by atoms with E-state index in [1.807, 2.05) is 19.1 Å². The molecule has 1 fully saturated rings. The van der Waals surface area contributed by atoms with Crippen LogP contribution >= 0.6 is 11.3 Å². The molecule has 0 radical (unpaired) electrons. The summed E-state index contributed by atoms with van der Waals surface area (Å²) in [4.78, 5) is 28.9. The predicted octanol–water partition coefficient (Wildman–Crippen LogP) is 2.29. The molecule has 0 aliphatic carbocycles. The van der Waals surface area contributed by atoms with E-state index in [-0.39, 0.29) is 18.4 Å². The molecule has 2 heterocycles. The van der Waals surface area contributed by atoms with Crippen molar-refractivity contribution in [3.63, 3.8) is 0 Å². The molecule has 1 aromatic carbocycles. The van der Waals surface area contributed by atoms with E-state index in [0.717, 1.165) is 4.88 Å². The molecule has 3 rings (SSSR count). The van der Waals surface area contributed by atoms with Gasteiger partial charge in [-0.1, -0.05) is 6.07 Å². The molecule has 150 valence electrons. The maximum atomic E-state index is 13.1. The Balaban J connectivity index is 1.83. The minimum atomic E-state index is -0.818. The van der Waals surface area contributed by atoms with Crippen LogP contribution in [0.25, 0.3) is 0 Å². The van der Waals surface area contributed by atoms with Crippen LogP contribution in [0.1, 0.15) is 21.4 Å². The lowest BCUT2D eigenvalue weighted by molar-refractivity contribution is -0.154. The second kappa shape index (κ2) is 8.62. The average Bonchev–Trinajstić information content (AvgIpc) is 3.11. The first kappa shape index (κ1) is 20.2. The highest BCUT2D eigenvalue weighted by Gasteiger charge is 2.38. The summed E-state index contributed by atoms with van der Waals surface area (Å²) in [7, 11) is 4.83. The van der Waals surface area contributed by atoms with Crippen molar-refractivity contribution in [1.82, 2.24) is 10.2 Å². The minimum Gasteiger partial charge on any atom is -0.493 e. The third-order valence-corrected chi connectivity index (χ3v) is 5.57. The Morgan fingerprint density at radius 1 is 1.25 bits per heavy atom. The number of morpholine rings is 1. The van der Waals surface area contributed by atoms with E-state index >= 15 is 0 Å². The van der Waals surface area contributed by atoms with Crippen molar-refractivity contribution < 1.29 is 23.8 Å². The van der Waals surface area contributed by atoms with Gasteiger partial charge in [0.2, 0.25) is 5.91 Å². The van der Waals surface area contributed by atoms with Gasteiger partial charge in [-0.3, -0.25) is 9.59 Å². The van der Waals surface area contributed by atoms with Crippen molar-refractivity contribution in [1.29, 1.82) is 0 Å². The summed E-state index contributed by atoms with van der Waals surface area (Å²) in [6.07, 6.45) is -0.818. The van der Waals surface area contributed by atoms with Crippen LogP contribution in [0, 0.1) is 6.92 Å². The Hall–Kier alpha value is -2.58. The molecule has 0 unspecified atom stereocenters. The van der Waals surface area contributed by atoms with E-state index in [9.17, 15) is 9.59 Å². The fraction of sp³-hybridized carbons (Fsp3) is 0.400. The van der Waals surface area contributed by atoms with E-state index in [2.05, 4.69) is 5.32 Å². The summed E-state index contributed by atoms with van der Waals surface area (Å²) in [6.45, 7) is 2.37. The second-order valence-corrected chi connectivity index (χ2v) is 7.97. The highest BCUT2D eigenvalue weighted by molar-refractivity contribution is 7.11. The quantitative estimate of drug-likeness (QED) is 0.799. The summed E-state index contributed by atoms with van der Waals surface area (Å²) < 4.78 is 16.3. The zero-order valence-corrected chi connectivity index (χ0v) is 17.2. The number of amides is 2. The third kappa shape index (κ3) is 4.28. The molecule has 1 aliphatic heterocycles. The average molecular weight is 404 g/mol. The van der Waals surface area contributed by atoms with E-state index in [1.54, 1.807) is 48.6 Å². The summed E-state index contributed by atoms with van der Waals surface area (Å²) in [6, 6.07) is 8.72. The van der Waals surface area contributed by atoms with Crippen LogP contribution in [0.15, 0.2) is 30.3 Å². The number of hydrogen-bond donors (Lipinski definition) is 1. The largest absolute Gasteiger partial charge is 0.493 e. The van der Waals surface area contributed by atoms with Crippen molar-refractivity contribution in [3.05, 3.63) is 45.6 Å². The topological polar surface area (TPSA) is 77.1 Å². The smallest absolute Gasteiger partial charge is 0.254 e. The van der Waals surface area contributed by atoms with Gasteiger partial charge in [-0.15, -0.1) is 11.3 Å². The molecule has 1 aliphatic rings. The number of hydrogen-bond acceptors (Lipinski definition) is 6. The highest BCUT2D eigenvalue weighted by Crippen LogP contribution is 2.33. The lowest BCUT2D eigenvalue weighted by atomic mass is 9.98. The number of likely N-dealkylation sites (N-methyl/N-ethyl adjacent to an activating group) is 1. The van der Waals surface area contributed by atoms with Gasteiger partial charge in [0.25, 0.3) is 5.91 Å². The molecule has 2 amide bonds. The number of benzene rings is 1. The molecular weight excluding hydrogens is 380 g/mol. The van der Waals surface area contributed by atoms with E-state index in [1.165, 1.54) is 12.0 Å². The van der Waals surface area contributed by atoms with Crippen molar-refractivity contribution in [2.24, 2.45) is 0 Å². The monoisotopic (exact) mass is 404 g/mol. The van der Waals surface area contributed by atoms with Gasteiger partial charge in [0.05, 0.1) is 26.8 Å². The lowest BCUT2D eigenvalue weighted by Crippen LogP contribution is -2.52. The van der Waals surface area contributed by atoms with Crippen molar-refractivity contribution in [2.45, 2.75) is 25.6 Å². The molecule has 0 saturated carbocycles.